The molecule has 0 amide bonds. The largest absolute Gasteiger partial charge is 0.493 e. The van der Waals surface area contributed by atoms with Gasteiger partial charge in [-0.3, -0.25) is 4.79 Å². The SMILES string of the molecule is CCCCC(Sc1ccc(OCCCOc2ccccc2OC)cc1)C(=O)O. The second-order valence-electron chi connectivity index (χ2n) is 6.26. The van der Waals surface area contributed by atoms with E-state index in [9.17, 15) is 9.90 Å². The zero-order chi connectivity index (χ0) is 20.2. The van der Waals surface area contributed by atoms with E-state index < -0.39 is 11.2 Å². The van der Waals surface area contributed by atoms with Gasteiger partial charge in [-0.15, -0.1) is 11.8 Å². The fourth-order valence-electron chi connectivity index (χ4n) is 2.57. The minimum absolute atomic E-state index is 0.404. The van der Waals surface area contributed by atoms with Gasteiger partial charge in [-0.25, -0.2) is 0 Å². The van der Waals surface area contributed by atoms with Gasteiger partial charge in [0.2, 0.25) is 0 Å². The lowest BCUT2D eigenvalue weighted by molar-refractivity contribution is -0.136. The van der Waals surface area contributed by atoms with Gasteiger partial charge in [0.15, 0.2) is 11.5 Å². The number of ether oxygens (including phenoxy) is 3. The molecule has 1 unspecified atom stereocenters. The summed E-state index contributed by atoms with van der Waals surface area (Å²) in [5.41, 5.74) is 0. The molecule has 0 aliphatic carbocycles. The minimum Gasteiger partial charge on any atom is -0.493 e. The van der Waals surface area contributed by atoms with Gasteiger partial charge >= 0.3 is 5.97 Å². The molecule has 0 aliphatic heterocycles. The number of benzene rings is 2. The number of methoxy groups -OCH3 is 1. The first kappa shape index (κ1) is 22.0. The molecule has 0 radical (unpaired) electrons. The van der Waals surface area contributed by atoms with Crippen LogP contribution in [0.2, 0.25) is 0 Å². The number of carboxylic acids is 1. The number of hydrogen-bond acceptors (Lipinski definition) is 5. The lowest BCUT2D eigenvalue weighted by Crippen LogP contribution is -2.15. The van der Waals surface area contributed by atoms with Crippen molar-refractivity contribution in [2.24, 2.45) is 0 Å². The molecule has 0 aliphatic rings. The van der Waals surface area contributed by atoms with Crippen LogP contribution in [0.4, 0.5) is 0 Å². The van der Waals surface area contributed by atoms with Crippen LogP contribution in [0, 0.1) is 0 Å². The number of aliphatic carboxylic acids is 1. The summed E-state index contributed by atoms with van der Waals surface area (Å²) in [4.78, 5) is 12.3. The average Bonchev–Trinajstić information content (AvgIpc) is 2.72. The highest BCUT2D eigenvalue weighted by atomic mass is 32.2. The molecule has 0 bridgehead atoms. The Morgan fingerprint density at radius 1 is 1.00 bits per heavy atom. The van der Waals surface area contributed by atoms with E-state index in [0.717, 1.165) is 41.4 Å². The molecule has 2 aromatic rings. The van der Waals surface area contributed by atoms with E-state index in [1.807, 2.05) is 48.5 Å². The Kier molecular flexibility index (Phi) is 9.55. The van der Waals surface area contributed by atoms with Crippen molar-refractivity contribution in [3.63, 3.8) is 0 Å². The van der Waals surface area contributed by atoms with E-state index in [-0.39, 0.29) is 0 Å². The van der Waals surface area contributed by atoms with Crippen molar-refractivity contribution in [2.75, 3.05) is 20.3 Å². The third kappa shape index (κ3) is 7.35. The molecule has 0 spiro atoms. The van der Waals surface area contributed by atoms with Gasteiger partial charge in [0, 0.05) is 11.3 Å². The maximum atomic E-state index is 11.4. The van der Waals surface area contributed by atoms with Crippen LogP contribution in [0.5, 0.6) is 17.2 Å². The Bertz CT molecular complexity index is 717. The second-order valence-corrected chi connectivity index (χ2v) is 7.54. The molecule has 0 saturated carbocycles. The molecule has 28 heavy (non-hydrogen) atoms. The van der Waals surface area contributed by atoms with E-state index in [4.69, 9.17) is 14.2 Å². The minimum atomic E-state index is -0.756. The molecular weight excluding hydrogens is 376 g/mol. The summed E-state index contributed by atoms with van der Waals surface area (Å²) in [6.45, 7) is 3.14. The Balaban J connectivity index is 1.73. The number of thioether (sulfide) groups is 1. The predicted molar refractivity (Wildman–Crippen MR) is 112 cm³/mol. The third-order valence-electron chi connectivity index (χ3n) is 4.08. The molecular formula is C22H28O5S. The van der Waals surface area contributed by atoms with Crippen LogP contribution in [0.25, 0.3) is 0 Å². The maximum Gasteiger partial charge on any atom is 0.316 e. The van der Waals surface area contributed by atoms with Crippen molar-refractivity contribution in [3.05, 3.63) is 48.5 Å². The van der Waals surface area contributed by atoms with Gasteiger partial charge in [0.1, 0.15) is 11.0 Å². The van der Waals surface area contributed by atoms with Crippen LogP contribution in [0.1, 0.15) is 32.6 Å². The number of rotatable bonds is 13. The normalized spacial score (nSPS) is 11.6. The highest BCUT2D eigenvalue weighted by molar-refractivity contribution is 8.00. The number of unbranched alkanes of at least 4 members (excludes halogenated alkanes) is 1. The Morgan fingerprint density at radius 2 is 1.68 bits per heavy atom. The molecule has 2 aromatic carbocycles. The Morgan fingerprint density at radius 3 is 2.32 bits per heavy atom. The summed E-state index contributed by atoms with van der Waals surface area (Å²) in [7, 11) is 1.62. The fourth-order valence-corrected chi connectivity index (χ4v) is 3.58. The van der Waals surface area contributed by atoms with Gasteiger partial charge in [0.25, 0.3) is 0 Å². The lowest BCUT2D eigenvalue weighted by Gasteiger charge is -2.12. The first-order chi connectivity index (χ1) is 13.6. The topological polar surface area (TPSA) is 65.0 Å². The van der Waals surface area contributed by atoms with Crippen LogP contribution in [0.15, 0.2) is 53.4 Å². The summed E-state index contributed by atoms with van der Waals surface area (Å²) in [5.74, 6) is 1.45. The summed E-state index contributed by atoms with van der Waals surface area (Å²) in [5, 5.41) is 8.93. The molecule has 0 heterocycles. The highest BCUT2D eigenvalue weighted by Gasteiger charge is 2.18. The molecule has 0 saturated heterocycles. The predicted octanol–water partition coefficient (Wildman–Crippen LogP) is 5.28. The van der Waals surface area contributed by atoms with Crippen molar-refractivity contribution in [3.8, 4) is 17.2 Å². The zero-order valence-corrected chi connectivity index (χ0v) is 17.2. The van der Waals surface area contributed by atoms with Gasteiger partial charge in [-0.05, 0) is 42.8 Å². The molecule has 152 valence electrons. The summed E-state index contributed by atoms with van der Waals surface area (Å²) < 4.78 is 16.7. The molecule has 5 nitrogen and oxygen atoms in total. The molecule has 1 atom stereocenters. The number of carbonyl (C=O) groups is 1. The standard InChI is InChI=1S/C22H28O5S/c1-3-4-10-21(22(23)24)28-18-13-11-17(12-14-18)26-15-7-16-27-20-9-6-5-8-19(20)25-2/h5-6,8-9,11-14,21H,3-4,7,10,15-16H2,1-2H3,(H,23,24). The van der Waals surface area contributed by atoms with Crippen LogP contribution < -0.4 is 14.2 Å². The van der Waals surface area contributed by atoms with Gasteiger partial charge < -0.3 is 19.3 Å². The smallest absolute Gasteiger partial charge is 0.316 e. The van der Waals surface area contributed by atoms with Crippen LogP contribution in [-0.2, 0) is 4.79 Å². The van der Waals surface area contributed by atoms with E-state index in [2.05, 4.69) is 6.92 Å². The first-order valence-electron chi connectivity index (χ1n) is 9.52. The molecule has 6 heteroatoms. The van der Waals surface area contributed by atoms with Crippen LogP contribution in [0.3, 0.4) is 0 Å². The van der Waals surface area contributed by atoms with Gasteiger partial charge in [-0.2, -0.15) is 0 Å². The van der Waals surface area contributed by atoms with E-state index in [0.29, 0.717) is 19.6 Å². The maximum absolute atomic E-state index is 11.4. The van der Waals surface area contributed by atoms with Crippen LogP contribution >= 0.6 is 11.8 Å². The van der Waals surface area contributed by atoms with E-state index in [1.165, 1.54) is 11.8 Å². The van der Waals surface area contributed by atoms with Gasteiger partial charge in [0.05, 0.1) is 20.3 Å². The van der Waals surface area contributed by atoms with E-state index in [1.54, 1.807) is 7.11 Å². The number of carboxylic acid groups (broad SMARTS) is 1. The monoisotopic (exact) mass is 404 g/mol. The Labute approximate surface area is 171 Å². The van der Waals surface area contributed by atoms with Crippen molar-refractivity contribution in [1.82, 2.24) is 0 Å². The van der Waals surface area contributed by atoms with Crippen molar-refractivity contribution in [1.29, 1.82) is 0 Å². The summed E-state index contributed by atoms with van der Waals surface area (Å²) in [6, 6.07) is 15.1. The number of para-hydroxylation sites is 2. The highest BCUT2D eigenvalue weighted by Crippen LogP contribution is 2.29. The first-order valence-corrected chi connectivity index (χ1v) is 10.4. The van der Waals surface area contributed by atoms with Crippen molar-refractivity contribution < 1.29 is 24.1 Å². The Hall–Kier alpha value is -2.34. The van der Waals surface area contributed by atoms with Crippen molar-refractivity contribution >= 4 is 17.7 Å². The zero-order valence-electron chi connectivity index (χ0n) is 16.4. The van der Waals surface area contributed by atoms with Crippen LogP contribution in [-0.4, -0.2) is 36.6 Å². The lowest BCUT2D eigenvalue weighted by atomic mass is 10.2. The van der Waals surface area contributed by atoms with Gasteiger partial charge in [-0.1, -0.05) is 31.9 Å². The number of hydrogen-bond donors (Lipinski definition) is 1. The third-order valence-corrected chi connectivity index (χ3v) is 5.35. The average molecular weight is 405 g/mol. The molecule has 0 aromatic heterocycles. The van der Waals surface area contributed by atoms with Crippen molar-refractivity contribution in [2.45, 2.75) is 42.8 Å². The second kappa shape index (κ2) is 12.2. The van der Waals surface area contributed by atoms with E-state index >= 15 is 0 Å². The molecule has 2 rings (SSSR count). The summed E-state index contributed by atoms with van der Waals surface area (Å²) >= 11 is 1.39. The molecule has 0 fully saturated rings. The summed E-state index contributed by atoms with van der Waals surface area (Å²) in [6.07, 6.45) is 3.34. The molecule has 1 N–H and O–H groups in total. The quantitative estimate of drug-likeness (QED) is 0.362. The fraction of sp³-hybridized carbons (Fsp3) is 0.409.